The first-order valence-electron chi connectivity index (χ1n) is 17.0. The van der Waals surface area contributed by atoms with Crippen LogP contribution in [0.2, 0.25) is 0 Å². The summed E-state index contributed by atoms with van der Waals surface area (Å²) in [5.41, 5.74) is 0.130. The van der Waals surface area contributed by atoms with Crippen molar-refractivity contribution in [2.24, 2.45) is 17.8 Å². The van der Waals surface area contributed by atoms with Crippen LogP contribution >= 0.6 is 15.9 Å². The normalized spacial score (nSPS) is 32.0. The maximum Gasteiger partial charge on any atom is 0.313 e. The summed E-state index contributed by atoms with van der Waals surface area (Å²) in [6, 6.07) is 16.4. The number of rotatable bonds is 6. The third kappa shape index (κ3) is 6.25. The summed E-state index contributed by atoms with van der Waals surface area (Å²) >= 11 is 3.62. The fourth-order valence-corrected chi connectivity index (χ4v) is 8.55. The van der Waals surface area contributed by atoms with Crippen molar-refractivity contribution in [2.75, 3.05) is 20.2 Å². The third-order valence-electron chi connectivity index (χ3n) is 10.5. The number of benzene rings is 2. The Balaban J connectivity index is 1.49. The Kier molecular flexibility index (Phi) is 10.2. The van der Waals surface area contributed by atoms with Crippen LogP contribution in [0.25, 0.3) is 0 Å². The summed E-state index contributed by atoms with van der Waals surface area (Å²) < 4.78 is 13.6. The van der Waals surface area contributed by atoms with Gasteiger partial charge in [-0.25, -0.2) is 0 Å². The highest BCUT2D eigenvalue weighted by atomic mass is 79.9. The van der Waals surface area contributed by atoms with Gasteiger partial charge < -0.3 is 29.3 Å². The number of carbonyl (C=O) groups is 4. The zero-order chi connectivity index (χ0) is 35.0. The van der Waals surface area contributed by atoms with Crippen LogP contribution in [-0.4, -0.2) is 93.5 Å². The Morgan fingerprint density at radius 2 is 1.63 bits per heavy atom. The molecule has 0 aromatic heterocycles. The minimum Gasteiger partial charge on any atom is -0.455 e. The van der Waals surface area contributed by atoms with Crippen molar-refractivity contribution in [3.8, 4) is 0 Å². The number of halogens is 1. The Bertz CT molecular complexity index is 1630. The highest BCUT2D eigenvalue weighted by molar-refractivity contribution is 9.11. The number of cyclic esters (lactones) is 1. The van der Waals surface area contributed by atoms with Crippen LogP contribution < -0.4 is 0 Å². The van der Waals surface area contributed by atoms with E-state index in [9.17, 15) is 19.5 Å². The van der Waals surface area contributed by atoms with Gasteiger partial charge >= 0.3 is 5.97 Å². The molecule has 2 aromatic carbocycles. The number of likely N-dealkylation sites (tertiary alicyclic amines) is 1. The number of nitrogens with zero attached hydrogens (tertiary/aromatic N) is 3. The standard InChI is InChI=1S/C38H44BrN3O7/c1-23(2)28(22-43)42-34-36(46)41(21-25-14-8-5-9-15-25)19-13-7-12-18-29(44)40(4)24(3)32(26-16-10-6-11-17-26)48-37(47)30-31(35(42)45)38(34)20-27(39)33(30)49-38/h5-11,13-17,20,23-24,28,30-34,43H,12,18-19,21-22H2,1-4H3/b13-7-/t24-,28+,30+,31-,32+,33+,34+,38-/m1/s1. The van der Waals surface area contributed by atoms with E-state index >= 15 is 4.79 Å². The highest BCUT2D eigenvalue weighted by Gasteiger charge is 2.75. The molecule has 4 heterocycles. The second-order valence-corrected chi connectivity index (χ2v) is 14.7. The van der Waals surface area contributed by atoms with Gasteiger partial charge in [-0.1, -0.05) is 103 Å². The molecular formula is C38H44BrN3O7. The van der Waals surface area contributed by atoms with Gasteiger partial charge in [-0.15, -0.1) is 0 Å². The van der Waals surface area contributed by atoms with E-state index in [-0.39, 0.29) is 43.8 Å². The van der Waals surface area contributed by atoms with Gasteiger partial charge in [0.25, 0.3) is 0 Å². The maximum atomic E-state index is 15.0. The first-order chi connectivity index (χ1) is 23.5. The third-order valence-corrected chi connectivity index (χ3v) is 11.2. The first kappa shape index (κ1) is 35.0. The molecule has 4 aliphatic heterocycles. The van der Waals surface area contributed by atoms with Gasteiger partial charge in [-0.2, -0.15) is 0 Å². The SMILES string of the molecule is CC(C)[C@H](CO)N1C(=O)[C@H]2[C@@H]3C(=O)O[C@H](c4ccccc4)[C@@H](C)N(C)C(=O)CC/C=C\CN(Cc4ccccc4)C(=O)[C@H]1[C@@]21C=C(Br)[C@@H]3O1. The summed E-state index contributed by atoms with van der Waals surface area (Å²) in [5, 5.41) is 10.6. The fourth-order valence-electron chi connectivity index (χ4n) is 7.82. The van der Waals surface area contributed by atoms with Gasteiger partial charge in [-0.3, -0.25) is 19.2 Å². The molecule has 1 spiro atoms. The summed E-state index contributed by atoms with van der Waals surface area (Å²) in [5.74, 6) is -3.89. The van der Waals surface area contributed by atoms with Crippen molar-refractivity contribution in [1.29, 1.82) is 0 Å². The molecule has 11 heteroatoms. The van der Waals surface area contributed by atoms with Gasteiger partial charge in [0.05, 0.1) is 24.6 Å². The van der Waals surface area contributed by atoms with Crippen LogP contribution in [0.3, 0.4) is 0 Å². The molecule has 0 aliphatic carbocycles. The lowest BCUT2D eigenvalue weighted by Crippen LogP contribution is -2.59. The number of hydrogen-bond donors (Lipinski definition) is 1. The number of fused-ring (bicyclic) bond motifs is 2. The smallest absolute Gasteiger partial charge is 0.313 e. The molecule has 0 radical (unpaired) electrons. The monoisotopic (exact) mass is 733 g/mol. The first-order valence-corrected chi connectivity index (χ1v) is 17.8. The lowest BCUT2D eigenvalue weighted by atomic mass is 9.74. The van der Waals surface area contributed by atoms with E-state index in [2.05, 4.69) is 15.9 Å². The van der Waals surface area contributed by atoms with Crippen LogP contribution in [0.15, 0.2) is 83.4 Å². The van der Waals surface area contributed by atoms with Gasteiger partial charge in [0, 0.05) is 31.0 Å². The Hall–Kier alpha value is -3.80. The average molecular weight is 735 g/mol. The molecule has 5 bridgehead atoms. The molecule has 3 amide bonds. The van der Waals surface area contributed by atoms with Crippen molar-refractivity contribution < 1.29 is 33.8 Å². The van der Waals surface area contributed by atoms with Crippen LogP contribution in [0, 0.1) is 17.8 Å². The Labute approximate surface area is 295 Å². The predicted octanol–water partition coefficient (Wildman–Crippen LogP) is 4.39. The number of aliphatic hydroxyl groups is 1. The van der Waals surface area contributed by atoms with Crippen LogP contribution in [0.5, 0.6) is 0 Å². The second-order valence-electron chi connectivity index (χ2n) is 13.8. The molecule has 0 unspecified atom stereocenters. The molecule has 1 N–H and O–H groups in total. The Morgan fingerprint density at radius 1 is 0.959 bits per heavy atom. The number of allylic oxidation sites excluding steroid dienone is 1. The van der Waals surface area contributed by atoms with E-state index in [4.69, 9.17) is 9.47 Å². The van der Waals surface area contributed by atoms with E-state index in [1.165, 1.54) is 4.90 Å². The number of aliphatic hydroxyl groups excluding tert-OH is 1. The fraction of sp³-hybridized carbons (Fsp3) is 0.474. The lowest BCUT2D eigenvalue weighted by molar-refractivity contribution is -0.164. The number of hydrogen-bond acceptors (Lipinski definition) is 7. The van der Waals surface area contributed by atoms with Gasteiger partial charge in [-0.05, 0) is 36.5 Å². The van der Waals surface area contributed by atoms with Gasteiger partial charge in [0.15, 0.2) is 0 Å². The molecule has 2 saturated heterocycles. The maximum absolute atomic E-state index is 15.0. The molecule has 8 atom stereocenters. The zero-order valence-corrected chi connectivity index (χ0v) is 29.9. The van der Waals surface area contributed by atoms with E-state index in [0.717, 1.165) is 5.56 Å². The number of carbonyl (C=O) groups excluding carboxylic acids is 4. The molecule has 2 aromatic rings. The lowest BCUT2D eigenvalue weighted by Gasteiger charge is -2.40. The minimum atomic E-state index is -1.48. The highest BCUT2D eigenvalue weighted by Crippen LogP contribution is 2.59. The zero-order valence-electron chi connectivity index (χ0n) is 28.3. The summed E-state index contributed by atoms with van der Waals surface area (Å²) in [7, 11) is 1.70. The molecule has 0 saturated carbocycles. The largest absolute Gasteiger partial charge is 0.455 e. The predicted molar refractivity (Wildman–Crippen MR) is 186 cm³/mol. The van der Waals surface area contributed by atoms with Crippen molar-refractivity contribution in [3.05, 3.63) is 94.5 Å². The molecule has 49 heavy (non-hydrogen) atoms. The van der Waals surface area contributed by atoms with E-state index in [1.807, 2.05) is 93.6 Å². The quantitative estimate of drug-likeness (QED) is 0.346. The molecule has 4 aliphatic rings. The molecule has 260 valence electrons. The van der Waals surface area contributed by atoms with Crippen molar-refractivity contribution >= 4 is 39.6 Å². The average Bonchev–Trinajstić information content (AvgIpc) is 3.69. The molecule has 2 fully saturated rings. The van der Waals surface area contributed by atoms with E-state index < -0.39 is 59.6 Å². The van der Waals surface area contributed by atoms with Gasteiger partial charge in [0.2, 0.25) is 17.7 Å². The Morgan fingerprint density at radius 3 is 2.29 bits per heavy atom. The van der Waals surface area contributed by atoms with E-state index in [0.29, 0.717) is 16.5 Å². The number of likely N-dealkylation sites (N-methyl/N-ethyl adjacent to an activating group) is 1. The number of esters is 1. The van der Waals surface area contributed by atoms with Crippen molar-refractivity contribution in [1.82, 2.24) is 14.7 Å². The summed E-state index contributed by atoms with van der Waals surface area (Å²) in [6.07, 6.45) is 4.53. The van der Waals surface area contributed by atoms with Crippen molar-refractivity contribution in [3.63, 3.8) is 0 Å². The molecular weight excluding hydrogens is 690 g/mol. The number of ether oxygens (including phenoxy) is 2. The number of amides is 3. The summed E-state index contributed by atoms with van der Waals surface area (Å²) in [6.45, 7) is 5.73. The van der Waals surface area contributed by atoms with Crippen molar-refractivity contribution in [2.45, 2.75) is 76.1 Å². The van der Waals surface area contributed by atoms with Crippen LogP contribution in [0.4, 0.5) is 0 Å². The second kappa shape index (κ2) is 14.2. The van der Waals surface area contributed by atoms with Crippen LogP contribution in [-0.2, 0) is 35.2 Å². The topological polar surface area (TPSA) is 117 Å². The summed E-state index contributed by atoms with van der Waals surface area (Å²) in [4.78, 5) is 62.4. The minimum absolute atomic E-state index is 0.114. The molecule has 6 rings (SSSR count). The van der Waals surface area contributed by atoms with E-state index in [1.54, 1.807) is 22.9 Å². The van der Waals surface area contributed by atoms with Gasteiger partial charge in [0.1, 0.15) is 29.8 Å². The van der Waals surface area contributed by atoms with Crippen LogP contribution in [0.1, 0.15) is 50.8 Å². The molecule has 10 nitrogen and oxygen atoms in total.